The SMILES string of the molecule is OC(c1cc(Cl)sc1Cl)c1cccc2cnccc12. The minimum Gasteiger partial charge on any atom is -0.384 e. The zero-order valence-electron chi connectivity index (χ0n) is 9.68. The lowest BCUT2D eigenvalue weighted by Crippen LogP contribution is -1.99. The van der Waals surface area contributed by atoms with Gasteiger partial charge in [0.05, 0.1) is 4.34 Å². The van der Waals surface area contributed by atoms with Gasteiger partial charge in [0.15, 0.2) is 0 Å². The Bertz CT molecular complexity index is 736. The van der Waals surface area contributed by atoms with Crippen molar-refractivity contribution >= 4 is 45.3 Å². The normalized spacial score (nSPS) is 12.8. The van der Waals surface area contributed by atoms with Crippen molar-refractivity contribution in [2.75, 3.05) is 0 Å². The highest BCUT2D eigenvalue weighted by Crippen LogP contribution is 2.38. The summed E-state index contributed by atoms with van der Waals surface area (Å²) in [5, 5.41) is 12.5. The van der Waals surface area contributed by atoms with E-state index in [9.17, 15) is 5.11 Å². The number of nitrogens with zero attached hydrogens (tertiary/aromatic N) is 1. The molecule has 2 aromatic heterocycles. The number of aliphatic hydroxyl groups is 1. The van der Waals surface area contributed by atoms with Gasteiger partial charge in [-0.15, -0.1) is 11.3 Å². The van der Waals surface area contributed by atoms with Gasteiger partial charge in [-0.3, -0.25) is 4.98 Å². The predicted molar refractivity (Wildman–Crippen MR) is 80.1 cm³/mol. The summed E-state index contributed by atoms with van der Waals surface area (Å²) in [5.41, 5.74) is 1.44. The van der Waals surface area contributed by atoms with E-state index < -0.39 is 6.10 Å². The lowest BCUT2D eigenvalue weighted by Gasteiger charge is -2.13. The minimum atomic E-state index is -0.789. The number of thiophene rings is 1. The molecule has 0 radical (unpaired) electrons. The summed E-state index contributed by atoms with van der Waals surface area (Å²) < 4.78 is 1.09. The standard InChI is InChI=1S/C14H9Cl2NOS/c15-12-6-11(14(16)19-12)13(18)10-3-1-2-8-7-17-5-4-9(8)10/h1-7,13,18H. The van der Waals surface area contributed by atoms with Crippen LogP contribution in [0.2, 0.25) is 8.67 Å². The smallest absolute Gasteiger partial charge is 0.107 e. The summed E-state index contributed by atoms with van der Waals surface area (Å²) in [6.07, 6.45) is 2.69. The van der Waals surface area contributed by atoms with E-state index in [2.05, 4.69) is 4.98 Å². The molecule has 0 amide bonds. The second-order valence-electron chi connectivity index (χ2n) is 4.13. The Morgan fingerprint density at radius 1 is 1.16 bits per heavy atom. The molecule has 2 heterocycles. The first kappa shape index (κ1) is 12.9. The summed E-state index contributed by atoms with van der Waals surface area (Å²) in [4.78, 5) is 4.08. The Morgan fingerprint density at radius 2 is 2.00 bits per heavy atom. The molecule has 0 aliphatic rings. The highest BCUT2D eigenvalue weighted by molar-refractivity contribution is 7.20. The van der Waals surface area contributed by atoms with Crippen LogP contribution in [0.3, 0.4) is 0 Å². The molecular weight excluding hydrogens is 301 g/mol. The van der Waals surface area contributed by atoms with Crippen molar-refractivity contribution < 1.29 is 5.11 Å². The molecule has 2 nitrogen and oxygen atoms in total. The topological polar surface area (TPSA) is 33.1 Å². The predicted octanol–water partition coefficient (Wildman–Crippen LogP) is 4.68. The molecule has 1 aromatic carbocycles. The molecular formula is C14H9Cl2NOS. The molecule has 1 unspecified atom stereocenters. The van der Waals surface area contributed by atoms with Crippen LogP contribution in [0.25, 0.3) is 10.8 Å². The monoisotopic (exact) mass is 309 g/mol. The molecule has 0 aliphatic heterocycles. The first-order valence-corrected chi connectivity index (χ1v) is 7.19. The molecule has 1 atom stereocenters. The van der Waals surface area contributed by atoms with Crippen molar-refractivity contribution in [1.29, 1.82) is 0 Å². The average molecular weight is 310 g/mol. The van der Waals surface area contributed by atoms with Crippen LogP contribution in [0.5, 0.6) is 0 Å². The number of hydrogen-bond acceptors (Lipinski definition) is 3. The molecule has 96 valence electrons. The lowest BCUT2D eigenvalue weighted by molar-refractivity contribution is 0.222. The van der Waals surface area contributed by atoms with E-state index in [-0.39, 0.29) is 0 Å². The fourth-order valence-corrected chi connectivity index (χ4v) is 3.61. The third-order valence-corrected chi connectivity index (χ3v) is 4.50. The van der Waals surface area contributed by atoms with E-state index in [1.807, 2.05) is 24.3 Å². The Morgan fingerprint density at radius 3 is 2.74 bits per heavy atom. The first-order chi connectivity index (χ1) is 9.16. The molecule has 0 aliphatic carbocycles. The van der Waals surface area contributed by atoms with Gasteiger partial charge in [-0.25, -0.2) is 0 Å². The summed E-state index contributed by atoms with van der Waals surface area (Å²) in [7, 11) is 0. The van der Waals surface area contributed by atoms with Gasteiger partial charge in [-0.05, 0) is 23.1 Å². The third kappa shape index (κ3) is 2.35. The van der Waals surface area contributed by atoms with E-state index in [1.54, 1.807) is 18.5 Å². The Balaban J connectivity index is 2.16. The molecule has 0 saturated carbocycles. The number of halogens is 2. The van der Waals surface area contributed by atoms with Crippen molar-refractivity contribution in [2.45, 2.75) is 6.10 Å². The van der Waals surface area contributed by atoms with Crippen LogP contribution in [0.1, 0.15) is 17.2 Å². The number of fused-ring (bicyclic) bond motifs is 1. The number of aromatic nitrogens is 1. The van der Waals surface area contributed by atoms with Crippen molar-refractivity contribution in [3.8, 4) is 0 Å². The number of rotatable bonds is 2. The summed E-state index contributed by atoms with van der Waals surface area (Å²) in [6, 6.07) is 9.33. The summed E-state index contributed by atoms with van der Waals surface area (Å²) in [5.74, 6) is 0. The molecule has 19 heavy (non-hydrogen) atoms. The van der Waals surface area contributed by atoms with E-state index in [0.29, 0.717) is 14.2 Å². The van der Waals surface area contributed by atoms with Gasteiger partial charge in [0.2, 0.25) is 0 Å². The zero-order valence-corrected chi connectivity index (χ0v) is 12.0. The van der Waals surface area contributed by atoms with Crippen molar-refractivity contribution in [3.05, 3.63) is 62.5 Å². The van der Waals surface area contributed by atoms with E-state index in [0.717, 1.165) is 16.3 Å². The molecule has 3 rings (SSSR count). The second kappa shape index (κ2) is 5.10. The highest BCUT2D eigenvalue weighted by atomic mass is 35.5. The van der Waals surface area contributed by atoms with E-state index in [4.69, 9.17) is 23.2 Å². The molecule has 0 bridgehead atoms. The van der Waals surface area contributed by atoms with Crippen LogP contribution in [-0.2, 0) is 0 Å². The quantitative estimate of drug-likeness (QED) is 0.745. The molecule has 5 heteroatoms. The van der Waals surface area contributed by atoms with Crippen LogP contribution < -0.4 is 0 Å². The van der Waals surface area contributed by atoms with E-state index in [1.165, 1.54) is 11.3 Å². The van der Waals surface area contributed by atoms with E-state index >= 15 is 0 Å². The zero-order chi connectivity index (χ0) is 13.4. The Hall–Kier alpha value is -1.13. The Labute approximate surface area is 124 Å². The fourth-order valence-electron chi connectivity index (χ4n) is 2.09. The van der Waals surface area contributed by atoms with Crippen molar-refractivity contribution in [3.63, 3.8) is 0 Å². The van der Waals surface area contributed by atoms with Crippen LogP contribution in [0, 0.1) is 0 Å². The van der Waals surface area contributed by atoms with Crippen LogP contribution >= 0.6 is 34.5 Å². The maximum atomic E-state index is 10.5. The van der Waals surface area contributed by atoms with Gasteiger partial charge in [0, 0.05) is 23.3 Å². The number of hydrogen-bond donors (Lipinski definition) is 1. The first-order valence-electron chi connectivity index (χ1n) is 5.62. The van der Waals surface area contributed by atoms with Crippen LogP contribution in [0.15, 0.2) is 42.7 Å². The third-order valence-electron chi connectivity index (χ3n) is 2.99. The molecule has 1 N–H and O–H groups in total. The molecule has 0 fully saturated rings. The average Bonchev–Trinajstić information content (AvgIpc) is 2.76. The van der Waals surface area contributed by atoms with Gasteiger partial charge in [0.25, 0.3) is 0 Å². The van der Waals surface area contributed by atoms with Gasteiger partial charge in [-0.2, -0.15) is 0 Å². The number of pyridine rings is 1. The lowest BCUT2D eigenvalue weighted by atomic mass is 9.98. The highest BCUT2D eigenvalue weighted by Gasteiger charge is 2.18. The van der Waals surface area contributed by atoms with Gasteiger partial charge >= 0.3 is 0 Å². The van der Waals surface area contributed by atoms with Gasteiger partial charge < -0.3 is 5.11 Å². The Kier molecular flexibility index (Phi) is 3.46. The largest absolute Gasteiger partial charge is 0.384 e. The van der Waals surface area contributed by atoms with Gasteiger partial charge in [0.1, 0.15) is 10.4 Å². The maximum Gasteiger partial charge on any atom is 0.107 e. The number of benzene rings is 1. The van der Waals surface area contributed by atoms with Crippen molar-refractivity contribution in [2.24, 2.45) is 0 Å². The minimum absolute atomic E-state index is 0.517. The molecule has 0 saturated heterocycles. The van der Waals surface area contributed by atoms with Gasteiger partial charge in [-0.1, -0.05) is 41.4 Å². The maximum absolute atomic E-state index is 10.5. The van der Waals surface area contributed by atoms with Crippen LogP contribution in [-0.4, -0.2) is 10.1 Å². The summed E-state index contributed by atoms with van der Waals surface area (Å²) in [6.45, 7) is 0. The molecule has 3 aromatic rings. The summed E-state index contributed by atoms with van der Waals surface area (Å²) >= 11 is 13.3. The number of aliphatic hydroxyl groups excluding tert-OH is 1. The molecule has 0 spiro atoms. The van der Waals surface area contributed by atoms with Crippen molar-refractivity contribution in [1.82, 2.24) is 4.98 Å². The fraction of sp³-hybridized carbons (Fsp3) is 0.0714. The van der Waals surface area contributed by atoms with Crippen LogP contribution in [0.4, 0.5) is 0 Å². The second-order valence-corrected chi connectivity index (χ2v) is 6.41.